The third-order valence-corrected chi connectivity index (χ3v) is 2.34. The van der Waals surface area contributed by atoms with Crippen LogP contribution in [0.15, 0.2) is 23.4 Å². The molecule has 1 rings (SSSR count). The normalized spacial score (nSPS) is 11.5. The van der Waals surface area contributed by atoms with Crippen molar-refractivity contribution in [2.24, 2.45) is 5.16 Å². The molecule has 0 unspecified atom stereocenters. The van der Waals surface area contributed by atoms with Crippen molar-refractivity contribution < 1.29 is 9.94 Å². The number of ether oxygens (including phenoxy) is 1. The van der Waals surface area contributed by atoms with Gasteiger partial charge < -0.3 is 9.94 Å². The first-order valence-electron chi connectivity index (χ1n) is 5.07. The van der Waals surface area contributed by atoms with E-state index in [1.165, 1.54) is 0 Å². The minimum absolute atomic E-state index is 0.346. The molecule has 1 N–H and O–H groups in total. The number of hydrogen-bond acceptors (Lipinski definition) is 3. The third kappa shape index (κ3) is 2.98. The second-order valence-electron chi connectivity index (χ2n) is 3.53. The van der Waals surface area contributed by atoms with Crippen molar-refractivity contribution in [1.82, 2.24) is 0 Å². The van der Waals surface area contributed by atoms with Gasteiger partial charge in [-0.25, -0.2) is 0 Å². The molecule has 0 atom stereocenters. The standard InChI is InChI=1S/C12H17NO2/c1-4-11(13-14)8-15-12-9(2)6-5-7-10(12)3/h5-7,14H,4,8H2,1-3H3. The summed E-state index contributed by atoms with van der Waals surface area (Å²) in [6.45, 7) is 6.29. The van der Waals surface area contributed by atoms with Crippen molar-refractivity contribution in [3.63, 3.8) is 0 Å². The van der Waals surface area contributed by atoms with E-state index < -0.39 is 0 Å². The zero-order chi connectivity index (χ0) is 11.3. The first-order chi connectivity index (χ1) is 7.19. The minimum atomic E-state index is 0.346. The van der Waals surface area contributed by atoms with Crippen molar-refractivity contribution in [1.29, 1.82) is 0 Å². The molecule has 0 heterocycles. The lowest BCUT2D eigenvalue weighted by Crippen LogP contribution is -2.11. The molecule has 0 radical (unpaired) electrons. The second-order valence-corrected chi connectivity index (χ2v) is 3.53. The molecule has 0 aliphatic carbocycles. The first-order valence-corrected chi connectivity index (χ1v) is 5.07. The van der Waals surface area contributed by atoms with Gasteiger partial charge in [0.1, 0.15) is 12.4 Å². The predicted octanol–water partition coefficient (Wildman–Crippen LogP) is 2.92. The Hall–Kier alpha value is -1.51. The molecular formula is C12H17NO2. The van der Waals surface area contributed by atoms with Crippen LogP contribution in [0.25, 0.3) is 0 Å². The van der Waals surface area contributed by atoms with Crippen LogP contribution in [0.2, 0.25) is 0 Å². The first kappa shape index (κ1) is 11.6. The molecule has 3 nitrogen and oxygen atoms in total. The van der Waals surface area contributed by atoms with E-state index in [-0.39, 0.29) is 0 Å². The van der Waals surface area contributed by atoms with E-state index in [4.69, 9.17) is 9.94 Å². The van der Waals surface area contributed by atoms with Crippen LogP contribution >= 0.6 is 0 Å². The van der Waals surface area contributed by atoms with E-state index in [0.717, 1.165) is 16.9 Å². The maximum absolute atomic E-state index is 8.65. The van der Waals surface area contributed by atoms with Crippen molar-refractivity contribution >= 4 is 5.71 Å². The molecule has 0 aliphatic rings. The summed E-state index contributed by atoms with van der Waals surface area (Å²) < 4.78 is 5.62. The third-order valence-electron chi connectivity index (χ3n) is 2.34. The van der Waals surface area contributed by atoms with Crippen molar-refractivity contribution in [3.8, 4) is 5.75 Å². The number of aryl methyl sites for hydroxylation is 2. The zero-order valence-electron chi connectivity index (χ0n) is 9.45. The average Bonchev–Trinajstić information content (AvgIpc) is 2.23. The summed E-state index contributed by atoms with van der Waals surface area (Å²) in [5.41, 5.74) is 2.85. The number of hydrogen-bond donors (Lipinski definition) is 1. The number of nitrogens with zero attached hydrogens (tertiary/aromatic N) is 1. The highest BCUT2D eigenvalue weighted by molar-refractivity contribution is 5.85. The zero-order valence-corrected chi connectivity index (χ0v) is 9.45. The van der Waals surface area contributed by atoms with Crippen LogP contribution in [0.5, 0.6) is 5.75 Å². The van der Waals surface area contributed by atoms with Gasteiger partial charge in [-0.15, -0.1) is 0 Å². The van der Waals surface area contributed by atoms with Gasteiger partial charge in [-0.3, -0.25) is 0 Å². The molecule has 0 saturated carbocycles. The number of para-hydroxylation sites is 1. The summed E-state index contributed by atoms with van der Waals surface area (Å²) in [7, 11) is 0. The van der Waals surface area contributed by atoms with Gasteiger partial charge in [-0.2, -0.15) is 0 Å². The summed E-state index contributed by atoms with van der Waals surface area (Å²) in [5.74, 6) is 0.882. The molecule has 0 aliphatic heterocycles. The van der Waals surface area contributed by atoms with Gasteiger partial charge in [-0.05, 0) is 31.4 Å². The largest absolute Gasteiger partial charge is 0.487 e. The van der Waals surface area contributed by atoms with Gasteiger partial charge in [0, 0.05) is 0 Å². The molecule has 3 heteroatoms. The van der Waals surface area contributed by atoms with Crippen molar-refractivity contribution in [2.45, 2.75) is 27.2 Å². The molecule has 0 saturated heterocycles. The highest BCUT2D eigenvalue weighted by Crippen LogP contribution is 2.22. The van der Waals surface area contributed by atoms with Gasteiger partial charge in [0.05, 0.1) is 5.71 Å². The quantitative estimate of drug-likeness (QED) is 0.468. The Labute approximate surface area is 90.4 Å². The summed E-state index contributed by atoms with van der Waals surface area (Å²) in [6, 6.07) is 6.01. The molecule has 0 amide bonds. The molecule has 0 bridgehead atoms. The van der Waals surface area contributed by atoms with Crippen LogP contribution in [-0.2, 0) is 0 Å². The molecule has 0 fully saturated rings. The monoisotopic (exact) mass is 207 g/mol. The Morgan fingerprint density at radius 1 is 1.33 bits per heavy atom. The summed E-state index contributed by atoms with van der Waals surface area (Å²) >= 11 is 0. The Bertz CT molecular complexity index is 338. The van der Waals surface area contributed by atoms with E-state index >= 15 is 0 Å². The lowest BCUT2D eigenvalue weighted by molar-refractivity contribution is 0.305. The summed E-state index contributed by atoms with van der Waals surface area (Å²) in [6.07, 6.45) is 0.696. The maximum atomic E-state index is 8.65. The van der Waals surface area contributed by atoms with Gasteiger partial charge in [0.25, 0.3) is 0 Å². The van der Waals surface area contributed by atoms with E-state index in [9.17, 15) is 0 Å². The fourth-order valence-electron chi connectivity index (χ4n) is 1.38. The average molecular weight is 207 g/mol. The smallest absolute Gasteiger partial charge is 0.130 e. The van der Waals surface area contributed by atoms with Crippen LogP contribution in [0.3, 0.4) is 0 Å². The van der Waals surface area contributed by atoms with Crippen LogP contribution < -0.4 is 4.74 Å². The highest BCUT2D eigenvalue weighted by Gasteiger charge is 2.04. The molecular weight excluding hydrogens is 190 g/mol. The van der Waals surface area contributed by atoms with E-state index in [1.807, 2.05) is 39.0 Å². The van der Waals surface area contributed by atoms with Crippen molar-refractivity contribution in [3.05, 3.63) is 29.3 Å². The van der Waals surface area contributed by atoms with E-state index in [2.05, 4.69) is 5.16 Å². The maximum Gasteiger partial charge on any atom is 0.130 e. The molecule has 1 aromatic carbocycles. The topological polar surface area (TPSA) is 41.8 Å². The van der Waals surface area contributed by atoms with Gasteiger partial charge in [0.15, 0.2) is 0 Å². The van der Waals surface area contributed by atoms with Crippen LogP contribution in [-0.4, -0.2) is 17.5 Å². The molecule has 15 heavy (non-hydrogen) atoms. The second kappa shape index (κ2) is 5.39. The minimum Gasteiger partial charge on any atom is -0.487 e. The molecule has 0 aromatic heterocycles. The number of oxime groups is 1. The summed E-state index contributed by atoms with van der Waals surface area (Å²) in [4.78, 5) is 0. The van der Waals surface area contributed by atoms with Crippen molar-refractivity contribution in [2.75, 3.05) is 6.61 Å². The molecule has 1 aromatic rings. The Morgan fingerprint density at radius 3 is 2.40 bits per heavy atom. The highest BCUT2D eigenvalue weighted by atomic mass is 16.5. The SMILES string of the molecule is CCC(COc1c(C)cccc1C)=NO. The Morgan fingerprint density at radius 2 is 1.93 bits per heavy atom. The fourth-order valence-corrected chi connectivity index (χ4v) is 1.38. The number of rotatable bonds is 4. The molecule has 82 valence electrons. The van der Waals surface area contributed by atoms with E-state index in [1.54, 1.807) is 0 Å². The van der Waals surface area contributed by atoms with E-state index in [0.29, 0.717) is 18.7 Å². The number of benzene rings is 1. The predicted molar refractivity (Wildman–Crippen MR) is 60.9 cm³/mol. The Balaban J connectivity index is 2.73. The van der Waals surface area contributed by atoms with Gasteiger partial charge >= 0.3 is 0 Å². The van der Waals surface area contributed by atoms with Crippen LogP contribution in [0, 0.1) is 13.8 Å². The lowest BCUT2D eigenvalue weighted by Gasteiger charge is -2.11. The van der Waals surface area contributed by atoms with Crippen LogP contribution in [0.1, 0.15) is 24.5 Å². The molecule has 0 spiro atoms. The summed E-state index contributed by atoms with van der Waals surface area (Å²) in [5, 5.41) is 11.8. The van der Waals surface area contributed by atoms with Gasteiger partial charge in [-0.1, -0.05) is 30.3 Å². The van der Waals surface area contributed by atoms with Gasteiger partial charge in [0.2, 0.25) is 0 Å². The Kier molecular flexibility index (Phi) is 4.16. The fraction of sp³-hybridized carbons (Fsp3) is 0.417. The van der Waals surface area contributed by atoms with Crippen LogP contribution in [0.4, 0.5) is 0 Å². The lowest BCUT2D eigenvalue weighted by atomic mass is 10.1.